The molecular weight excluding hydrogens is 142 g/mol. The van der Waals surface area contributed by atoms with E-state index in [0.717, 1.165) is 5.82 Å². The Bertz CT molecular complexity index is 261. The van der Waals surface area contributed by atoms with Crippen molar-refractivity contribution in [2.75, 3.05) is 7.11 Å². The maximum atomic E-state index is 8.41. The summed E-state index contributed by atoms with van der Waals surface area (Å²) >= 11 is 0. The van der Waals surface area contributed by atoms with Crippen molar-refractivity contribution >= 4 is 0 Å². The number of nitrogens with one attached hydrogen (secondary N) is 1. The highest BCUT2D eigenvalue weighted by Gasteiger charge is 2.07. The van der Waals surface area contributed by atoms with Gasteiger partial charge in [0.1, 0.15) is 25.1 Å². The minimum atomic E-state index is 0.363. The van der Waals surface area contributed by atoms with Crippen LogP contribution in [0.25, 0.3) is 0 Å². The summed E-state index contributed by atoms with van der Waals surface area (Å²) < 4.78 is 6.72. The summed E-state index contributed by atoms with van der Waals surface area (Å²) in [7, 11) is 1.62. The van der Waals surface area contributed by atoms with Gasteiger partial charge < -0.3 is 4.74 Å². The number of hydrogen-bond donors (Lipinski definition) is 1. The summed E-state index contributed by atoms with van der Waals surface area (Å²) in [6, 6.07) is 2.06. The molecule has 0 unspecified atom stereocenters. The lowest BCUT2D eigenvalue weighted by Crippen LogP contribution is -2.35. The Morgan fingerprint density at radius 1 is 1.82 bits per heavy atom. The lowest BCUT2D eigenvalue weighted by atomic mass is 10.6. The number of ether oxygens (including phenoxy) is 1. The molecule has 0 aromatic carbocycles. The van der Waals surface area contributed by atoms with E-state index in [4.69, 9.17) is 10.00 Å². The van der Waals surface area contributed by atoms with E-state index in [0.29, 0.717) is 13.2 Å². The first-order valence-electron chi connectivity index (χ1n) is 3.30. The average molecular weight is 152 g/mol. The Hall–Kier alpha value is -1.34. The van der Waals surface area contributed by atoms with Crippen LogP contribution in [0.1, 0.15) is 5.82 Å². The van der Waals surface area contributed by atoms with Crippen LogP contribution in [-0.2, 0) is 17.9 Å². The van der Waals surface area contributed by atoms with E-state index in [2.05, 4.69) is 11.1 Å². The quantitative estimate of drug-likeness (QED) is 0.618. The maximum Gasteiger partial charge on any atom is 0.281 e. The summed E-state index contributed by atoms with van der Waals surface area (Å²) in [6.45, 7) is 0.872. The van der Waals surface area contributed by atoms with E-state index in [-0.39, 0.29) is 0 Å². The van der Waals surface area contributed by atoms with Crippen molar-refractivity contribution in [3.8, 4) is 6.07 Å². The van der Waals surface area contributed by atoms with Crippen molar-refractivity contribution < 1.29 is 9.30 Å². The summed E-state index contributed by atoms with van der Waals surface area (Å²) in [5.74, 6) is 0.911. The predicted molar refractivity (Wildman–Crippen MR) is 37.3 cm³/mol. The maximum absolute atomic E-state index is 8.41. The Balaban J connectivity index is 2.71. The van der Waals surface area contributed by atoms with E-state index in [1.54, 1.807) is 13.3 Å². The van der Waals surface area contributed by atoms with Gasteiger partial charge in [0.25, 0.3) is 5.82 Å². The van der Waals surface area contributed by atoms with Gasteiger partial charge in [-0.2, -0.15) is 5.26 Å². The van der Waals surface area contributed by atoms with Crippen LogP contribution in [0.3, 0.4) is 0 Å². The highest BCUT2D eigenvalue weighted by molar-refractivity contribution is 4.75. The van der Waals surface area contributed by atoms with Gasteiger partial charge in [0, 0.05) is 7.11 Å². The van der Waals surface area contributed by atoms with E-state index in [1.165, 1.54) is 0 Å². The molecule has 0 fully saturated rings. The SMILES string of the molecule is COCc1[nH]cc[n+]1CC#N. The molecule has 11 heavy (non-hydrogen) atoms. The molecule has 0 saturated heterocycles. The van der Waals surface area contributed by atoms with Gasteiger partial charge in [0.2, 0.25) is 0 Å². The van der Waals surface area contributed by atoms with Gasteiger partial charge in [-0.1, -0.05) is 0 Å². The molecule has 0 atom stereocenters. The van der Waals surface area contributed by atoms with Crippen LogP contribution >= 0.6 is 0 Å². The van der Waals surface area contributed by atoms with E-state index in [9.17, 15) is 0 Å². The standard InChI is InChI=1S/C7H9N3O/c1-11-6-7-9-3-5-10(7)4-2-8/h3,5H,4,6H2,1H3/p+1. The zero-order valence-corrected chi connectivity index (χ0v) is 6.37. The van der Waals surface area contributed by atoms with Crippen molar-refractivity contribution in [2.24, 2.45) is 0 Å². The number of aromatic nitrogens is 2. The second kappa shape index (κ2) is 3.74. The number of rotatable bonds is 3. The molecule has 1 rings (SSSR count). The molecule has 0 aliphatic rings. The van der Waals surface area contributed by atoms with Crippen LogP contribution < -0.4 is 4.57 Å². The Morgan fingerprint density at radius 3 is 3.27 bits per heavy atom. The third-order valence-corrected chi connectivity index (χ3v) is 1.37. The monoisotopic (exact) mass is 152 g/mol. The van der Waals surface area contributed by atoms with Crippen molar-refractivity contribution in [3.63, 3.8) is 0 Å². The fraction of sp³-hybridized carbons (Fsp3) is 0.429. The Morgan fingerprint density at radius 2 is 2.64 bits per heavy atom. The second-order valence-corrected chi connectivity index (χ2v) is 2.13. The van der Waals surface area contributed by atoms with Crippen LogP contribution in [0.2, 0.25) is 0 Å². The first-order chi connectivity index (χ1) is 5.38. The summed E-state index contributed by atoms with van der Waals surface area (Å²) in [5.41, 5.74) is 0. The van der Waals surface area contributed by atoms with Crippen molar-refractivity contribution in [3.05, 3.63) is 18.2 Å². The Kier molecular flexibility index (Phi) is 2.64. The number of nitriles is 1. The van der Waals surface area contributed by atoms with Crippen molar-refractivity contribution in [2.45, 2.75) is 13.2 Å². The van der Waals surface area contributed by atoms with Crippen LogP contribution in [0.15, 0.2) is 12.4 Å². The minimum Gasteiger partial charge on any atom is -0.372 e. The molecule has 0 bridgehead atoms. The molecule has 0 aliphatic carbocycles. The molecule has 1 aromatic rings. The van der Waals surface area contributed by atoms with E-state index in [1.807, 2.05) is 10.8 Å². The summed E-state index contributed by atoms with van der Waals surface area (Å²) in [5, 5.41) is 8.41. The first kappa shape index (κ1) is 7.76. The van der Waals surface area contributed by atoms with Gasteiger partial charge in [-0.3, -0.25) is 0 Å². The highest BCUT2D eigenvalue weighted by Crippen LogP contribution is 1.87. The van der Waals surface area contributed by atoms with Gasteiger partial charge in [0.15, 0.2) is 6.54 Å². The Labute approximate surface area is 65.0 Å². The summed E-state index contributed by atoms with van der Waals surface area (Å²) in [6.07, 6.45) is 3.60. The van der Waals surface area contributed by atoms with Gasteiger partial charge in [-0.15, -0.1) is 0 Å². The average Bonchev–Trinajstić information content (AvgIpc) is 2.39. The third kappa shape index (κ3) is 1.79. The number of aromatic amines is 1. The molecular formula is C7H10N3O+. The number of nitrogens with zero attached hydrogens (tertiary/aromatic N) is 2. The molecule has 0 aliphatic heterocycles. The predicted octanol–water partition coefficient (Wildman–Crippen LogP) is -0.0278. The molecule has 1 heterocycles. The zero-order chi connectivity index (χ0) is 8.10. The minimum absolute atomic E-state index is 0.363. The fourth-order valence-corrected chi connectivity index (χ4v) is 0.882. The number of hydrogen-bond acceptors (Lipinski definition) is 2. The third-order valence-electron chi connectivity index (χ3n) is 1.37. The molecule has 4 heteroatoms. The number of methoxy groups -OCH3 is 1. The topological polar surface area (TPSA) is 52.7 Å². The lowest BCUT2D eigenvalue weighted by molar-refractivity contribution is -0.693. The first-order valence-corrected chi connectivity index (χ1v) is 3.30. The number of H-pyrrole nitrogens is 1. The van der Waals surface area contributed by atoms with Gasteiger partial charge in [-0.25, -0.2) is 9.55 Å². The molecule has 58 valence electrons. The summed E-state index contributed by atoms with van der Waals surface area (Å²) in [4.78, 5) is 2.98. The van der Waals surface area contributed by atoms with E-state index < -0.39 is 0 Å². The fourth-order valence-electron chi connectivity index (χ4n) is 0.882. The van der Waals surface area contributed by atoms with Gasteiger partial charge >= 0.3 is 0 Å². The number of imidazole rings is 1. The van der Waals surface area contributed by atoms with Crippen LogP contribution in [0.4, 0.5) is 0 Å². The van der Waals surface area contributed by atoms with E-state index >= 15 is 0 Å². The molecule has 1 N–H and O–H groups in total. The van der Waals surface area contributed by atoms with Crippen molar-refractivity contribution in [1.29, 1.82) is 5.26 Å². The van der Waals surface area contributed by atoms with Crippen LogP contribution in [-0.4, -0.2) is 12.1 Å². The second-order valence-electron chi connectivity index (χ2n) is 2.13. The van der Waals surface area contributed by atoms with Gasteiger partial charge in [0.05, 0.1) is 0 Å². The lowest BCUT2D eigenvalue weighted by Gasteiger charge is -1.92. The molecule has 0 spiro atoms. The highest BCUT2D eigenvalue weighted by atomic mass is 16.5. The molecule has 4 nitrogen and oxygen atoms in total. The normalized spacial score (nSPS) is 9.45. The molecule has 0 amide bonds. The van der Waals surface area contributed by atoms with Crippen molar-refractivity contribution in [1.82, 2.24) is 4.98 Å². The zero-order valence-electron chi connectivity index (χ0n) is 6.37. The van der Waals surface area contributed by atoms with Crippen LogP contribution in [0.5, 0.6) is 0 Å². The molecule has 0 saturated carbocycles. The smallest absolute Gasteiger partial charge is 0.281 e. The van der Waals surface area contributed by atoms with Gasteiger partial charge in [-0.05, 0) is 0 Å². The molecule has 1 aromatic heterocycles. The largest absolute Gasteiger partial charge is 0.372 e. The van der Waals surface area contributed by atoms with Crippen LogP contribution in [0, 0.1) is 11.3 Å². The molecule has 0 radical (unpaired) electrons.